The molecular weight excluding hydrogens is 358 g/mol. The smallest absolute Gasteiger partial charge is 0.410 e. The molecule has 2 saturated heterocycles. The summed E-state index contributed by atoms with van der Waals surface area (Å²) in [6.07, 6.45) is 4.37. The van der Waals surface area contributed by atoms with Gasteiger partial charge in [-0.3, -0.25) is 0 Å². The Hall–Kier alpha value is -1.79. The maximum Gasteiger partial charge on any atom is 0.410 e. The van der Waals surface area contributed by atoms with Crippen molar-refractivity contribution in [2.45, 2.75) is 56.3 Å². The fraction of sp³-hybridized carbons (Fsp3) is 0.682. The minimum Gasteiger partial charge on any atom is -0.497 e. The molecule has 2 bridgehead atoms. The average molecular weight is 387 g/mol. The highest BCUT2D eigenvalue weighted by atomic mass is 16.7. The molecule has 0 N–H and O–H groups in total. The van der Waals surface area contributed by atoms with E-state index in [-0.39, 0.29) is 17.6 Å². The van der Waals surface area contributed by atoms with E-state index in [2.05, 4.69) is 12.1 Å². The number of amides is 1. The first-order valence-corrected chi connectivity index (χ1v) is 10.5. The van der Waals surface area contributed by atoms with Crippen molar-refractivity contribution in [3.05, 3.63) is 29.3 Å². The van der Waals surface area contributed by atoms with Crippen molar-refractivity contribution in [2.75, 3.05) is 33.5 Å². The summed E-state index contributed by atoms with van der Waals surface area (Å²) in [5.74, 6) is 0.740. The molecule has 2 aliphatic heterocycles. The molecule has 1 saturated carbocycles. The third kappa shape index (κ3) is 2.57. The molecule has 28 heavy (non-hydrogen) atoms. The second kappa shape index (κ2) is 6.63. The van der Waals surface area contributed by atoms with Gasteiger partial charge in [-0.05, 0) is 55.4 Å². The van der Waals surface area contributed by atoms with Gasteiger partial charge in [0.15, 0.2) is 5.79 Å². The van der Waals surface area contributed by atoms with Crippen molar-refractivity contribution in [1.82, 2.24) is 4.90 Å². The van der Waals surface area contributed by atoms with Crippen LogP contribution in [0.4, 0.5) is 4.79 Å². The fourth-order valence-corrected chi connectivity index (χ4v) is 6.21. The Bertz CT molecular complexity index is 774. The van der Waals surface area contributed by atoms with E-state index in [9.17, 15) is 4.79 Å². The van der Waals surface area contributed by atoms with Gasteiger partial charge in [-0.1, -0.05) is 6.07 Å². The molecule has 1 aromatic rings. The summed E-state index contributed by atoms with van der Waals surface area (Å²) in [6.45, 7) is 4.34. The number of benzene rings is 1. The van der Waals surface area contributed by atoms with E-state index in [1.165, 1.54) is 11.1 Å². The number of carbonyl (C=O) groups is 1. The standard InChI is InChI=1S/C22H29NO5/c1-3-26-20(24)23-9-8-21-6-7-22(27-10-11-28-22)14-18(21)19(23)12-15-4-5-16(25-2)13-17(15)21/h4-5,13,18-19H,3,6-12,14H2,1-2H3/t18-,19+,21-/m0/s1. The van der Waals surface area contributed by atoms with E-state index >= 15 is 0 Å². The lowest BCUT2D eigenvalue weighted by atomic mass is 9.51. The van der Waals surface area contributed by atoms with Crippen molar-refractivity contribution in [1.29, 1.82) is 0 Å². The molecule has 2 aliphatic carbocycles. The van der Waals surface area contributed by atoms with Crippen LogP contribution in [0.2, 0.25) is 0 Å². The van der Waals surface area contributed by atoms with Gasteiger partial charge in [0.05, 0.1) is 26.9 Å². The summed E-state index contributed by atoms with van der Waals surface area (Å²) in [4.78, 5) is 14.7. The molecule has 5 rings (SSSR count). The Morgan fingerprint density at radius 3 is 2.82 bits per heavy atom. The number of ether oxygens (including phenoxy) is 4. The molecule has 1 aromatic carbocycles. The Labute approximate surface area is 166 Å². The molecule has 2 heterocycles. The van der Waals surface area contributed by atoms with Crippen LogP contribution in [-0.2, 0) is 26.0 Å². The zero-order chi connectivity index (χ0) is 19.4. The summed E-state index contributed by atoms with van der Waals surface area (Å²) < 4.78 is 23.1. The van der Waals surface area contributed by atoms with Crippen molar-refractivity contribution in [3.63, 3.8) is 0 Å². The lowest BCUT2D eigenvalue weighted by molar-refractivity contribution is -0.212. The molecule has 4 aliphatic rings. The van der Waals surface area contributed by atoms with Crippen LogP contribution >= 0.6 is 0 Å². The van der Waals surface area contributed by atoms with Gasteiger partial charge >= 0.3 is 6.09 Å². The van der Waals surface area contributed by atoms with Crippen molar-refractivity contribution in [2.24, 2.45) is 5.92 Å². The number of nitrogens with zero attached hydrogens (tertiary/aromatic N) is 1. The molecule has 152 valence electrons. The predicted molar refractivity (Wildman–Crippen MR) is 102 cm³/mol. The lowest BCUT2D eigenvalue weighted by Crippen LogP contribution is -2.65. The number of rotatable bonds is 2. The first-order valence-electron chi connectivity index (χ1n) is 10.5. The van der Waals surface area contributed by atoms with E-state index in [0.717, 1.165) is 44.4 Å². The second-order valence-corrected chi connectivity index (χ2v) is 8.51. The number of fused-ring (bicyclic) bond motifs is 1. The maximum atomic E-state index is 12.7. The SMILES string of the molecule is CCOC(=O)N1CC[C@]23CCC4(C[C@H]2[C@H]1Cc1ccc(OC)cc13)OCCO4. The summed E-state index contributed by atoms with van der Waals surface area (Å²) in [5, 5.41) is 0. The Morgan fingerprint density at radius 1 is 1.25 bits per heavy atom. The van der Waals surface area contributed by atoms with E-state index in [1.54, 1.807) is 7.11 Å². The van der Waals surface area contributed by atoms with Gasteiger partial charge in [0, 0.05) is 30.8 Å². The van der Waals surface area contributed by atoms with Crippen molar-refractivity contribution in [3.8, 4) is 5.75 Å². The normalized spacial score (nSPS) is 32.6. The first kappa shape index (κ1) is 18.3. The lowest BCUT2D eigenvalue weighted by Gasteiger charge is -2.60. The number of hydrogen-bond donors (Lipinski definition) is 0. The van der Waals surface area contributed by atoms with Gasteiger partial charge < -0.3 is 23.8 Å². The largest absolute Gasteiger partial charge is 0.497 e. The third-order valence-electron chi connectivity index (χ3n) is 7.45. The molecular formula is C22H29NO5. The van der Waals surface area contributed by atoms with Gasteiger partial charge in [-0.15, -0.1) is 0 Å². The van der Waals surface area contributed by atoms with E-state index in [4.69, 9.17) is 18.9 Å². The summed E-state index contributed by atoms with van der Waals surface area (Å²) in [6, 6.07) is 6.57. The van der Waals surface area contributed by atoms with Crippen LogP contribution in [0, 0.1) is 5.92 Å². The van der Waals surface area contributed by atoms with Crippen molar-refractivity contribution >= 4 is 6.09 Å². The molecule has 3 fully saturated rings. The van der Waals surface area contributed by atoms with E-state index in [1.807, 2.05) is 17.9 Å². The number of piperidine rings is 1. The van der Waals surface area contributed by atoms with Crippen LogP contribution in [-0.4, -0.2) is 56.3 Å². The zero-order valence-corrected chi connectivity index (χ0v) is 16.7. The molecule has 6 heteroatoms. The highest BCUT2D eigenvalue weighted by Gasteiger charge is 2.60. The van der Waals surface area contributed by atoms with Crippen LogP contribution in [0.3, 0.4) is 0 Å². The highest BCUT2D eigenvalue weighted by Crippen LogP contribution is 2.59. The van der Waals surface area contributed by atoms with E-state index < -0.39 is 5.79 Å². The molecule has 1 spiro atoms. The van der Waals surface area contributed by atoms with Crippen LogP contribution < -0.4 is 4.74 Å². The molecule has 6 nitrogen and oxygen atoms in total. The topological polar surface area (TPSA) is 57.2 Å². The predicted octanol–water partition coefficient (Wildman–Crippen LogP) is 3.26. The van der Waals surface area contributed by atoms with Crippen LogP contribution in [0.15, 0.2) is 18.2 Å². The maximum absolute atomic E-state index is 12.7. The summed E-state index contributed by atoms with van der Waals surface area (Å²) >= 11 is 0. The number of hydrogen-bond acceptors (Lipinski definition) is 5. The van der Waals surface area contributed by atoms with Gasteiger partial charge in [0.1, 0.15) is 5.75 Å². The van der Waals surface area contributed by atoms with Gasteiger partial charge in [-0.25, -0.2) is 4.79 Å². The monoisotopic (exact) mass is 387 g/mol. The number of likely N-dealkylation sites (tertiary alicyclic amines) is 1. The highest BCUT2D eigenvalue weighted by molar-refractivity contribution is 5.69. The molecule has 3 atom stereocenters. The van der Waals surface area contributed by atoms with E-state index in [0.29, 0.717) is 25.7 Å². The third-order valence-corrected chi connectivity index (χ3v) is 7.45. The quantitative estimate of drug-likeness (QED) is 0.780. The summed E-state index contributed by atoms with van der Waals surface area (Å²) in [7, 11) is 1.72. The summed E-state index contributed by atoms with van der Waals surface area (Å²) in [5.41, 5.74) is 2.79. The molecule has 0 radical (unpaired) electrons. The van der Waals surface area contributed by atoms with Crippen LogP contribution in [0.1, 0.15) is 43.7 Å². The van der Waals surface area contributed by atoms with Gasteiger partial charge in [-0.2, -0.15) is 0 Å². The molecule has 1 amide bonds. The molecule has 0 unspecified atom stereocenters. The number of methoxy groups -OCH3 is 1. The van der Waals surface area contributed by atoms with Gasteiger partial charge in [0.2, 0.25) is 0 Å². The minimum atomic E-state index is -0.472. The fourth-order valence-electron chi connectivity index (χ4n) is 6.21. The Kier molecular flexibility index (Phi) is 4.32. The van der Waals surface area contributed by atoms with Crippen LogP contribution in [0.25, 0.3) is 0 Å². The Balaban J connectivity index is 1.58. The Morgan fingerprint density at radius 2 is 2.07 bits per heavy atom. The first-order chi connectivity index (χ1) is 13.6. The zero-order valence-electron chi connectivity index (χ0n) is 16.7. The minimum absolute atomic E-state index is 0.0519. The van der Waals surface area contributed by atoms with Crippen molar-refractivity contribution < 1.29 is 23.7 Å². The second-order valence-electron chi connectivity index (χ2n) is 8.51. The average Bonchev–Trinajstić information content (AvgIpc) is 3.16. The molecule has 0 aromatic heterocycles. The number of carbonyl (C=O) groups excluding carboxylic acids is 1. The van der Waals surface area contributed by atoms with Gasteiger partial charge in [0.25, 0.3) is 0 Å². The van der Waals surface area contributed by atoms with Crippen LogP contribution in [0.5, 0.6) is 5.75 Å².